The number of nitrogens with one attached hydrogen (secondary N) is 1. The Morgan fingerprint density at radius 1 is 1.00 bits per heavy atom. The fourth-order valence-electron chi connectivity index (χ4n) is 3.70. The van der Waals surface area contributed by atoms with Gasteiger partial charge in [-0.3, -0.25) is 9.59 Å². The molecule has 3 aliphatic heterocycles. The lowest BCUT2D eigenvalue weighted by atomic mass is 10.1. The number of amides is 2. The number of nitrogens with zero attached hydrogens (tertiary/aromatic N) is 2. The normalized spacial score (nSPS) is 29.3. The van der Waals surface area contributed by atoms with E-state index in [1.165, 1.54) is 0 Å². The summed E-state index contributed by atoms with van der Waals surface area (Å²) in [7, 11) is 0. The molecule has 0 saturated carbocycles. The number of ether oxygens (including phenoxy) is 1. The van der Waals surface area contributed by atoms with Gasteiger partial charge in [0.15, 0.2) is 0 Å². The molecule has 1 N–H and O–H groups in total. The number of fused-ring (bicyclic) bond motifs is 2. The lowest BCUT2D eigenvalue weighted by Crippen LogP contribution is -2.44. The van der Waals surface area contributed by atoms with Crippen LogP contribution in [0.3, 0.4) is 0 Å². The quantitative estimate of drug-likeness (QED) is 0.795. The highest BCUT2D eigenvalue weighted by Gasteiger charge is 2.37. The van der Waals surface area contributed by atoms with Crippen molar-refractivity contribution in [2.75, 3.05) is 39.4 Å². The standard InChI is InChI=1S/C15H25N3O3/c19-14(17-7-9-21-10-8-17)3-4-15(20)18-12-1-2-13(18)11-16-6-5-12/h12-13,16H,1-11H2. The van der Waals surface area contributed by atoms with E-state index < -0.39 is 0 Å². The Kier molecular flexibility index (Phi) is 4.75. The number of morpholine rings is 1. The molecule has 6 nitrogen and oxygen atoms in total. The van der Waals surface area contributed by atoms with Crippen molar-refractivity contribution in [1.29, 1.82) is 0 Å². The third kappa shape index (κ3) is 3.37. The molecule has 2 atom stereocenters. The minimum absolute atomic E-state index is 0.0898. The Balaban J connectivity index is 1.50. The summed E-state index contributed by atoms with van der Waals surface area (Å²) in [5.74, 6) is 0.250. The van der Waals surface area contributed by atoms with Gasteiger partial charge in [0.2, 0.25) is 11.8 Å². The summed E-state index contributed by atoms with van der Waals surface area (Å²) >= 11 is 0. The molecule has 118 valence electrons. The van der Waals surface area contributed by atoms with Gasteiger partial charge in [0, 0.05) is 44.6 Å². The highest BCUT2D eigenvalue weighted by Crippen LogP contribution is 2.28. The van der Waals surface area contributed by atoms with Crippen LogP contribution in [0.25, 0.3) is 0 Å². The SMILES string of the molecule is O=C(CCC(=O)N1C2CCNCC1CC2)N1CCOCC1. The van der Waals surface area contributed by atoms with Crippen LogP contribution in [0.5, 0.6) is 0 Å². The number of carbonyl (C=O) groups excluding carboxylic acids is 2. The predicted octanol–water partition coefficient (Wildman–Crippen LogP) is -0.0217. The molecule has 2 amide bonds. The second kappa shape index (κ2) is 6.75. The first-order valence-electron chi connectivity index (χ1n) is 8.13. The Morgan fingerprint density at radius 3 is 2.52 bits per heavy atom. The first-order valence-corrected chi connectivity index (χ1v) is 8.13. The van der Waals surface area contributed by atoms with Gasteiger partial charge in [-0.2, -0.15) is 0 Å². The zero-order valence-corrected chi connectivity index (χ0v) is 12.6. The van der Waals surface area contributed by atoms with E-state index in [0.29, 0.717) is 51.2 Å². The summed E-state index contributed by atoms with van der Waals surface area (Å²) < 4.78 is 5.24. The minimum atomic E-state index is 0.0898. The lowest BCUT2D eigenvalue weighted by Gasteiger charge is -2.29. The summed E-state index contributed by atoms with van der Waals surface area (Å²) in [6, 6.07) is 0.722. The first kappa shape index (κ1) is 14.8. The molecule has 0 aromatic rings. The second-order valence-electron chi connectivity index (χ2n) is 6.17. The van der Waals surface area contributed by atoms with Crippen molar-refractivity contribution in [3.05, 3.63) is 0 Å². The van der Waals surface area contributed by atoms with E-state index in [-0.39, 0.29) is 11.8 Å². The Labute approximate surface area is 125 Å². The molecule has 21 heavy (non-hydrogen) atoms. The molecule has 3 heterocycles. The van der Waals surface area contributed by atoms with Gasteiger partial charge in [-0.25, -0.2) is 0 Å². The number of hydrogen-bond acceptors (Lipinski definition) is 4. The number of hydrogen-bond donors (Lipinski definition) is 1. The molecule has 6 heteroatoms. The topological polar surface area (TPSA) is 61.9 Å². The largest absolute Gasteiger partial charge is 0.378 e. The smallest absolute Gasteiger partial charge is 0.223 e. The molecule has 0 spiro atoms. The van der Waals surface area contributed by atoms with Crippen LogP contribution in [0.2, 0.25) is 0 Å². The monoisotopic (exact) mass is 295 g/mol. The van der Waals surface area contributed by atoms with Gasteiger partial charge in [0.25, 0.3) is 0 Å². The first-order chi connectivity index (χ1) is 10.3. The summed E-state index contributed by atoms with van der Waals surface area (Å²) in [5.41, 5.74) is 0. The van der Waals surface area contributed by atoms with Gasteiger partial charge < -0.3 is 19.9 Å². The molecular formula is C15H25N3O3. The van der Waals surface area contributed by atoms with Crippen LogP contribution in [0.4, 0.5) is 0 Å². The second-order valence-corrected chi connectivity index (χ2v) is 6.17. The maximum Gasteiger partial charge on any atom is 0.223 e. The molecular weight excluding hydrogens is 270 g/mol. The summed E-state index contributed by atoms with van der Waals surface area (Å²) in [6.07, 6.45) is 3.95. The molecule has 0 aromatic heterocycles. The van der Waals surface area contributed by atoms with E-state index in [1.54, 1.807) is 0 Å². The van der Waals surface area contributed by atoms with Crippen molar-refractivity contribution in [1.82, 2.24) is 15.1 Å². The van der Waals surface area contributed by atoms with Crippen molar-refractivity contribution in [3.8, 4) is 0 Å². The molecule has 2 unspecified atom stereocenters. The van der Waals surface area contributed by atoms with Gasteiger partial charge in [0.1, 0.15) is 0 Å². The summed E-state index contributed by atoms with van der Waals surface area (Å²) in [6.45, 7) is 4.44. The third-order valence-electron chi connectivity index (χ3n) is 4.86. The van der Waals surface area contributed by atoms with Crippen LogP contribution < -0.4 is 5.32 Å². The molecule has 3 rings (SSSR count). The zero-order chi connectivity index (χ0) is 14.7. The van der Waals surface area contributed by atoms with Crippen molar-refractivity contribution >= 4 is 11.8 Å². The molecule has 3 saturated heterocycles. The van der Waals surface area contributed by atoms with Crippen LogP contribution in [0.1, 0.15) is 32.1 Å². The Morgan fingerprint density at radius 2 is 1.71 bits per heavy atom. The van der Waals surface area contributed by atoms with Crippen molar-refractivity contribution < 1.29 is 14.3 Å². The Bertz CT molecular complexity index is 382. The van der Waals surface area contributed by atoms with Gasteiger partial charge >= 0.3 is 0 Å². The maximum absolute atomic E-state index is 12.5. The predicted molar refractivity (Wildman–Crippen MR) is 77.8 cm³/mol. The summed E-state index contributed by atoms with van der Waals surface area (Å²) in [4.78, 5) is 28.5. The zero-order valence-electron chi connectivity index (χ0n) is 12.6. The van der Waals surface area contributed by atoms with Crippen molar-refractivity contribution in [3.63, 3.8) is 0 Å². The van der Waals surface area contributed by atoms with E-state index in [1.807, 2.05) is 4.90 Å². The molecule has 0 aliphatic carbocycles. The van der Waals surface area contributed by atoms with Gasteiger partial charge in [-0.05, 0) is 25.8 Å². The molecule has 0 aromatic carbocycles. The molecule has 0 radical (unpaired) electrons. The number of carbonyl (C=O) groups is 2. The lowest BCUT2D eigenvalue weighted by molar-refractivity contribution is -0.140. The highest BCUT2D eigenvalue weighted by atomic mass is 16.5. The maximum atomic E-state index is 12.5. The average molecular weight is 295 g/mol. The van der Waals surface area contributed by atoms with Gasteiger partial charge in [0.05, 0.1) is 13.2 Å². The van der Waals surface area contributed by atoms with Crippen LogP contribution in [0.15, 0.2) is 0 Å². The van der Waals surface area contributed by atoms with E-state index in [0.717, 1.165) is 32.4 Å². The Hall–Kier alpha value is -1.14. The van der Waals surface area contributed by atoms with E-state index in [2.05, 4.69) is 10.2 Å². The van der Waals surface area contributed by atoms with Gasteiger partial charge in [-0.1, -0.05) is 0 Å². The molecule has 3 aliphatic rings. The third-order valence-corrected chi connectivity index (χ3v) is 4.86. The average Bonchev–Trinajstić information content (AvgIpc) is 2.78. The highest BCUT2D eigenvalue weighted by molar-refractivity contribution is 5.84. The van der Waals surface area contributed by atoms with Crippen LogP contribution in [-0.4, -0.2) is 73.1 Å². The fourth-order valence-corrected chi connectivity index (χ4v) is 3.70. The van der Waals surface area contributed by atoms with Crippen molar-refractivity contribution in [2.45, 2.75) is 44.2 Å². The van der Waals surface area contributed by atoms with Crippen LogP contribution in [0, 0.1) is 0 Å². The number of rotatable bonds is 3. The summed E-state index contributed by atoms with van der Waals surface area (Å²) in [5, 5.41) is 3.40. The van der Waals surface area contributed by atoms with Crippen LogP contribution >= 0.6 is 0 Å². The van der Waals surface area contributed by atoms with Gasteiger partial charge in [-0.15, -0.1) is 0 Å². The minimum Gasteiger partial charge on any atom is -0.378 e. The van der Waals surface area contributed by atoms with E-state index >= 15 is 0 Å². The van der Waals surface area contributed by atoms with Crippen LogP contribution in [-0.2, 0) is 14.3 Å². The van der Waals surface area contributed by atoms with E-state index in [4.69, 9.17) is 4.74 Å². The van der Waals surface area contributed by atoms with E-state index in [9.17, 15) is 9.59 Å². The molecule has 3 fully saturated rings. The fraction of sp³-hybridized carbons (Fsp3) is 0.867. The molecule has 2 bridgehead atoms. The van der Waals surface area contributed by atoms with Crippen molar-refractivity contribution in [2.24, 2.45) is 0 Å².